The highest BCUT2D eigenvalue weighted by molar-refractivity contribution is 5.94. The Hall–Kier alpha value is -1.36. The average molecular weight is 183 g/mol. The van der Waals surface area contributed by atoms with E-state index < -0.39 is 6.04 Å². The van der Waals surface area contributed by atoms with E-state index >= 15 is 0 Å². The highest BCUT2D eigenvalue weighted by atomic mass is 16.5. The molecular formula is C8H13N3O2. The molecule has 1 atom stereocenters. The van der Waals surface area contributed by atoms with Crippen molar-refractivity contribution < 1.29 is 9.32 Å². The first-order valence-electron chi connectivity index (χ1n) is 4.20. The molecule has 0 aromatic carbocycles. The number of aromatic nitrogens is 1. The van der Waals surface area contributed by atoms with E-state index in [-0.39, 0.29) is 5.91 Å². The van der Waals surface area contributed by atoms with E-state index in [0.717, 1.165) is 6.42 Å². The Balaban J connectivity index is 2.41. The largest absolute Gasteiger partial charge is 0.363 e. The molecule has 0 saturated heterocycles. The van der Waals surface area contributed by atoms with Gasteiger partial charge in [0.05, 0.1) is 12.2 Å². The molecule has 3 N–H and O–H groups in total. The summed E-state index contributed by atoms with van der Waals surface area (Å²) in [5.74, 6) is -0.204. The van der Waals surface area contributed by atoms with Gasteiger partial charge in [-0.15, -0.1) is 0 Å². The van der Waals surface area contributed by atoms with E-state index in [1.165, 1.54) is 12.5 Å². The van der Waals surface area contributed by atoms with Gasteiger partial charge in [-0.25, -0.2) is 0 Å². The van der Waals surface area contributed by atoms with Crippen molar-refractivity contribution in [1.29, 1.82) is 0 Å². The van der Waals surface area contributed by atoms with Crippen LogP contribution in [-0.4, -0.2) is 17.1 Å². The molecule has 1 aromatic rings. The van der Waals surface area contributed by atoms with Gasteiger partial charge in [0.1, 0.15) is 12.0 Å². The Bertz CT molecular complexity index is 258. The molecule has 72 valence electrons. The van der Waals surface area contributed by atoms with Crippen LogP contribution in [0.2, 0.25) is 0 Å². The van der Waals surface area contributed by atoms with Crippen LogP contribution >= 0.6 is 0 Å². The molecule has 0 aliphatic rings. The van der Waals surface area contributed by atoms with Crippen LogP contribution in [0.3, 0.4) is 0 Å². The Morgan fingerprint density at radius 1 is 1.85 bits per heavy atom. The minimum absolute atomic E-state index is 0.204. The highest BCUT2D eigenvalue weighted by Gasteiger charge is 2.12. The van der Waals surface area contributed by atoms with Crippen molar-refractivity contribution in [2.24, 2.45) is 5.73 Å². The zero-order valence-corrected chi connectivity index (χ0v) is 7.49. The fraction of sp³-hybridized carbons (Fsp3) is 0.500. The third kappa shape index (κ3) is 2.87. The number of nitrogens with zero attached hydrogens (tertiary/aromatic N) is 1. The second kappa shape index (κ2) is 4.61. The van der Waals surface area contributed by atoms with E-state index in [1.54, 1.807) is 0 Å². The van der Waals surface area contributed by atoms with Gasteiger partial charge >= 0.3 is 0 Å². The van der Waals surface area contributed by atoms with Gasteiger partial charge in [-0.1, -0.05) is 18.5 Å². The van der Waals surface area contributed by atoms with Crippen molar-refractivity contribution in [2.75, 3.05) is 5.32 Å². The van der Waals surface area contributed by atoms with E-state index in [0.29, 0.717) is 12.1 Å². The smallest absolute Gasteiger partial charge is 0.241 e. The molecule has 1 rings (SSSR count). The monoisotopic (exact) mass is 183 g/mol. The van der Waals surface area contributed by atoms with Gasteiger partial charge in [-0.3, -0.25) is 4.79 Å². The quantitative estimate of drug-likeness (QED) is 0.721. The molecule has 1 heterocycles. The first-order valence-corrected chi connectivity index (χ1v) is 4.20. The van der Waals surface area contributed by atoms with E-state index in [2.05, 4.69) is 15.0 Å². The molecule has 0 aliphatic carbocycles. The van der Waals surface area contributed by atoms with Gasteiger partial charge in [0.2, 0.25) is 5.91 Å². The maximum absolute atomic E-state index is 11.3. The predicted octanol–water partition coefficient (Wildman–Crippen LogP) is 0.740. The number of rotatable bonds is 4. The molecule has 0 fully saturated rings. The average Bonchev–Trinajstić information content (AvgIpc) is 2.57. The summed E-state index contributed by atoms with van der Waals surface area (Å²) in [7, 11) is 0. The summed E-state index contributed by atoms with van der Waals surface area (Å²) in [6.07, 6.45) is 4.35. The zero-order chi connectivity index (χ0) is 9.68. The lowest BCUT2D eigenvalue weighted by Gasteiger charge is -2.08. The Morgan fingerprint density at radius 2 is 2.62 bits per heavy atom. The molecule has 1 amide bonds. The second-order valence-electron chi connectivity index (χ2n) is 2.80. The minimum Gasteiger partial charge on any atom is -0.363 e. The van der Waals surface area contributed by atoms with Gasteiger partial charge < -0.3 is 15.6 Å². The molecule has 0 bridgehead atoms. The van der Waals surface area contributed by atoms with Crippen molar-refractivity contribution in [3.8, 4) is 0 Å². The van der Waals surface area contributed by atoms with Crippen molar-refractivity contribution in [3.63, 3.8) is 0 Å². The number of nitrogens with one attached hydrogen (secondary N) is 1. The van der Waals surface area contributed by atoms with E-state index in [9.17, 15) is 4.79 Å². The van der Waals surface area contributed by atoms with Crippen LogP contribution in [0.15, 0.2) is 17.0 Å². The van der Waals surface area contributed by atoms with Crippen LogP contribution in [0.4, 0.5) is 5.69 Å². The van der Waals surface area contributed by atoms with Gasteiger partial charge in [0, 0.05) is 0 Å². The van der Waals surface area contributed by atoms with Crippen LogP contribution < -0.4 is 11.1 Å². The summed E-state index contributed by atoms with van der Waals surface area (Å²) in [5.41, 5.74) is 6.12. The van der Waals surface area contributed by atoms with E-state index in [4.69, 9.17) is 5.73 Å². The number of hydrogen-bond acceptors (Lipinski definition) is 4. The van der Waals surface area contributed by atoms with Crippen molar-refractivity contribution in [1.82, 2.24) is 5.16 Å². The Kier molecular flexibility index (Phi) is 3.45. The zero-order valence-electron chi connectivity index (χ0n) is 7.49. The van der Waals surface area contributed by atoms with Gasteiger partial charge in [-0.2, -0.15) is 0 Å². The minimum atomic E-state index is -0.458. The molecule has 5 heteroatoms. The summed E-state index contributed by atoms with van der Waals surface area (Å²) < 4.78 is 4.55. The Labute approximate surface area is 76.3 Å². The van der Waals surface area contributed by atoms with Crippen LogP contribution in [0.1, 0.15) is 19.8 Å². The number of carbonyl (C=O) groups is 1. The van der Waals surface area contributed by atoms with Crippen molar-refractivity contribution in [2.45, 2.75) is 25.8 Å². The molecule has 1 aromatic heterocycles. The summed E-state index contributed by atoms with van der Waals surface area (Å²) in [4.78, 5) is 11.3. The van der Waals surface area contributed by atoms with Crippen LogP contribution in [0.5, 0.6) is 0 Å². The molecule has 13 heavy (non-hydrogen) atoms. The van der Waals surface area contributed by atoms with Crippen LogP contribution in [0, 0.1) is 0 Å². The summed E-state index contributed by atoms with van der Waals surface area (Å²) in [5, 5.41) is 6.04. The third-order valence-electron chi connectivity index (χ3n) is 1.64. The summed E-state index contributed by atoms with van der Waals surface area (Å²) in [6.45, 7) is 1.98. The molecule has 0 radical (unpaired) electrons. The van der Waals surface area contributed by atoms with Gasteiger partial charge in [0.15, 0.2) is 0 Å². The van der Waals surface area contributed by atoms with Crippen LogP contribution in [-0.2, 0) is 4.79 Å². The van der Waals surface area contributed by atoms with Gasteiger partial charge in [-0.05, 0) is 6.42 Å². The second-order valence-corrected chi connectivity index (χ2v) is 2.80. The number of amides is 1. The maximum Gasteiger partial charge on any atom is 0.241 e. The number of carbonyl (C=O) groups excluding carboxylic acids is 1. The SMILES string of the molecule is CCCC(N)C(=O)Nc1cnoc1. The Morgan fingerprint density at radius 3 is 3.15 bits per heavy atom. The molecule has 1 unspecified atom stereocenters. The standard InChI is InChI=1S/C8H13N3O2/c1-2-3-7(9)8(12)11-6-4-10-13-5-6/h4-5,7H,2-3,9H2,1H3,(H,11,12). The summed E-state index contributed by atoms with van der Waals surface area (Å²) in [6, 6.07) is -0.458. The fourth-order valence-corrected chi connectivity index (χ4v) is 0.944. The molecule has 0 spiro atoms. The normalized spacial score (nSPS) is 12.5. The molecular weight excluding hydrogens is 170 g/mol. The fourth-order valence-electron chi connectivity index (χ4n) is 0.944. The lowest BCUT2D eigenvalue weighted by atomic mass is 10.2. The van der Waals surface area contributed by atoms with Gasteiger partial charge in [0.25, 0.3) is 0 Å². The van der Waals surface area contributed by atoms with Crippen molar-refractivity contribution >= 4 is 11.6 Å². The highest BCUT2D eigenvalue weighted by Crippen LogP contribution is 2.05. The number of anilines is 1. The first-order chi connectivity index (χ1) is 6.24. The first kappa shape index (κ1) is 9.73. The van der Waals surface area contributed by atoms with Crippen LogP contribution in [0.25, 0.3) is 0 Å². The topological polar surface area (TPSA) is 81.2 Å². The predicted molar refractivity (Wildman–Crippen MR) is 48.0 cm³/mol. The lowest BCUT2D eigenvalue weighted by molar-refractivity contribution is -0.117. The van der Waals surface area contributed by atoms with E-state index in [1.807, 2.05) is 6.92 Å². The van der Waals surface area contributed by atoms with Crippen molar-refractivity contribution in [3.05, 3.63) is 12.5 Å². The summed E-state index contributed by atoms with van der Waals surface area (Å²) >= 11 is 0. The lowest BCUT2D eigenvalue weighted by Crippen LogP contribution is -2.35. The third-order valence-corrected chi connectivity index (χ3v) is 1.64. The number of hydrogen-bond donors (Lipinski definition) is 2. The molecule has 0 saturated carbocycles. The maximum atomic E-state index is 11.3. The number of nitrogens with two attached hydrogens (primary N) is 1. The molecule has 0 aliphatic heterocycles. The molecule has 5 nitrogen and oxygen atoms in total.